The van der Waals surface area contributed by atoms with Crippen LogP contribution >= 0.6 is 0 Å². The first kappa shape index (κ1) is 17.6. The summed E-state index contributed by atoms with van der Waals surface area (Å²) in [7, 11) is 0. The third-order valence-electron chi connectivity index (χ3n) is 5.49. The van der Waals surface area contributed by atoms with Crippen LogP contribution < -0.4 is 5.56 Å². The lowest BCUT2D eigenvalue weighted by molar-refractivity contribution is -0.135. The molecule has 1 atom stereocenters. The van der Waals surface area contributed by atoms with E-state index in [1.54, 1.807) is 11.8 Å². The molecular weight excluding hydrogens is 320 g/mol. The molecule has 25 heavy (non-hydrogen) atoms. The van der Waals surface area contributed by atoms with Crippen LogP contribution in [0.5, 0.6) is 0 Å². The molecule has 1 aromatic heterocycles. The summed E-state index contributed by atoms with van der Waals surface area (Å²) in [5.41, 5.74) is 0.254. The lowest BCUT2D eigenvalue weighted by Crippen LogP contribution is -2.56. The van der Waals surface area contributed by atoms with Gasteiger partial charge in [0.25, 0.3) is 11.5 Å². The molecule has 1 saturated heterocycles. The molecule has 0 bridgehead atoms. The van der Waals surface area contributed by atoms with Crippen molar-refractivity contribution in [1.82, 2.24) is 20.0 Å². The average molecular weight is 346 g/mol. The predicted molar refractivity (Wildman–Crippen MR) is 93.2 cm³/mol. The third-order valence-corrected chi connectivity index (χ3v) is 5.49. The largest absolute Gasteiger partial charge is 0.336 e. The quantitative estimate of drug-likeness (QED) is 0.891. The standard InChI is InChI=1S/C18H26N4O3/c1-12-10-19-20-17(24)16(12)18(25)21-8-9-22(13(2)11-21)15(23)7-6-14-4-3-5-14/h10,13-14H,3-9,11H2,1-2H3,(H,20,24)/t13-/m1/s1. The summed E-state index contributed by atoms with van der Waals surface area (Å²) >= 11 is 0. The summed E-state index contributed by atoms with van der Waals surface area (Å²) in [5.74, 6) is 0.627. The second-order valence-corrected chi connectivity index (χ2v) is 7.28. The van der Waals surface area contributed by atoms with Crippen LogP contribution in [0.25, 0.3) is 0 Å². The van der Waals surface area contributed by atoms with Gasteiger partial charge in [-0.2, -0.15) is 5.10 Å². The second-order valence-electron chi connectivity index (χ2n) is 7.28. The van der Waals surface area contributed by atoms with Gasteiger partial charge in [0.1, 0.15) is 5.56 Å². The monoisotopic (exact) mass is 346 g/mol. The van der Waals surface area contributed by atoms with Crippen LogP contribution in [-0.4, -0.2) is 57.5 Å². The van der Waals surface area contributed by atoms with Gasteiger partial charge in [-0.1, -0.05) is 19.3 Å². The van der Waals surface area contributed by atoms with Gasteiger partial charge in [-0.15, -0.1) is 0 Å². The van der Waals surface area contributed by atoms with E-state index in [1.807, 2.05) is 11.8 Å². The lowest BCUT2D eigenvalue weighted by Gasteiger charge is -2.40. The Morgan fingerprint density at radius 2 is 2.08 bits per heavy atom. The number of aromatic amines is 1. The molecular formula is C18H26N4O3. The topological polar surface area (TPSA) is 86.4 Å². The van der Waals surface area contributed by atoms with Crippen molar-refractivity contribution >= 4 is 11.8 Å². The van der Waals surface area contributed by atoms with E-state index in [1.165, 1.54) is 25.5 Å². The van der Waals surface area contributed by atoms with Gasteiger partial charge in [-0.25, -0.2) is 5.10 Å². The number of hydrogen-bond donors (Lipinski definition) is 1. The molecule has 3 rings (SSSR count). The fourth-order valence-corrected chi connectivity index (χ4v) is 3.68. The van der Waals surface area contributed by atoms with Crippen LogP contribution in [0.15, 0.2) is 11.0 Å². The molecule has 2 amide bonds. The van der Waals surface area contributed by atoms with Crippen LogP contribution in [0, 0.1) is 12.8 Å². The zero-order valence-electron chi connectivity index (χ0n) is 15.0. The van der Waals surface area contributed by atoms with Crippen molar-refractivity contribution in [3.8, 4) is 0 Å². The van der Waals surface area contributed by atoms with Gasteiger partial charge in [-0.05, 0) is 31.7 Å². The molecule has 2 aliphatic rings. The highest BCUT2D eigenvalue weighted by atomic mass is 16.2. The maximum absolute atomic E-state index is 12.7. The molecule has 136 valence electrons. The Balaban J connectivity index is 1.60. The van der Waals surface area contributed by atoms with Gasteiger partial charge in [0.15, 0.2) is 0 Å². The number of carbonyl (C=O) groups is 2. The minimum absolute atomic E-state index is 0.0344. The highest BCUT2D eigenvalue weighted by Crippen LogP contribution is 2.30. The molecule has 7 nitrogen and oxygen atoms in total. The van der Waals surface area contributed by atoms with E-state index in [0.29, 0.717) is 31.6 Å². The van der Waals surface area contributed by atoms with Crippen molar-refractivity contribution in [2.24, 2.45) is 5.92 Å². The number of rotatable bonds is 4. The Hall–Kier alpha value is -2.18. The number of amides is 2. The van der Waals surface area contributed by atoms with E-state index in [2.05, 4.69) is 10.2 Å². The highest BCUT2D eigenvalue weighted by Gasteiger charge is 2.32. The van der Waals surface area contributed by atoms with E-state index in [9.17, 15) is 14.4 Å². The van der Waals surface area contributed by atoms with Crippen molar-refractivity contribution in [3.63, 3.8) is 0 Å². The summed E-state index contributed by atoms with van der Waals surface area (Å²) < 4.78 is 0. The number of piperazine rings is 1. The maximum Gasteiger partial charge on any atom is 0.277 e. The van der Waals surface area contributed by atoms with E-state index < -0.39 is 5.56 Å². The van der Waals surface area contributed by atoms with Gasteiger partial charge >= 0.3 is 0 Å². The SMILES string of the molecule is Cc1cn[nH]c(=O)c1C(=O)N1CCN(C(=O)CCC2CCC2)[C@H](C)C1. The van der Waals surface area contributed by atoms with Crippen LogP contribution in [0.2, 0.25) is 0 Å². The molecule has 1 saturated carbocycles. The third kappa shape index (κ3) is 3.75. The molecule has 0 radical (unpaired) electrons. The first-order chi connectivity index (χ1) is 12.0. The normalized spacial score (nSPS) is 21.1. The summed E-state index contributed by atoms with van der Waals surface area (Å²) in [4.78, 5) is 40.6. The number of hydrogen-bond acceptors (Lipinski definition) is 4. The van der Waals surface area contributed by atoms with Gasteiger partial charge < -0.3 is 9.80 Å². The summed E-state index contributed by atoms with van der Waals surface area (Å²) in [6.07, 6.45) is 6.88. The maximum atomic E-state index is 12.7. The lowest BCUT2D eigenvalue weighted by atomic mass is 9.82. The highest BCUT2D eigenvalue weighted by molar-refractivity contribution is 5.95. The molecule has 2 heterocycles. The van der Waals surface area contributed by atoms with Crippen molar-refractivity contribution in [2.75, 3.05) is 19.6 Å². The van der Waals surface area contributed by atoms with Gasteiger partial charge in [0.2, 0.25) is 5.91 Å². The first-order valence-corrected chi connectivity index (χ1v) is 9.10. The Morgan fingerprint density at radius 3 is 2.68 bits per heavy atom. The van der Waals surface area contributed by atoms with E-state index >= 15 is 0 Å². The molecule has 1 aromatic rings. The summed E-state index contributed by atoms with van der Waals surface area (Å²) in [6.45, 7) is 5.11. The number of nitrogens with zero attached hydrogens (tertiary/aromatic N) is 3. The molecule has 2 fully saturated rings. The number of carbonyl (C=O) groups excluding carboxylic acids is 2. The van der Waals surface area contributed by atoms with Crippen LogP contribution in [0.4, 0.5) is 0 Å². The Kier molecular flexibility index (Phi) is 5.20. The van der Waals surface area contributed by atoms with Gasteiger partial charge in [-0.3, -0.25) is 14.4 Å². The zero-order chi connectivity index (χ0) is 18.0. The minimum Gasteiger partial charge on any atom is -0.336 e. The number of aryl methyl sites for hydroxylation is 1. The van der Waals surface area contributed by atoms with Gasteiger partial charge in [0.05, 0.1) is 6.20 Å². The fraction of sp³-hybridized carbons (Fsp3) is 0.667. The number of aromatic nitrogens is 2. The van der Waals surface area contributed by atoms with Crippen molar-refractivity contribution < 1.29 is 9.59 Å². The van der Waals surface area contributed by atoms with Crippen LogP contribution in [0.3, 0.4) is 0 Å². The molecule has 7 heteroatoms. The van der Waals surface area contributed by atoms with Crippen molar-refractivity contribution in [1.29, 1.82) is 0 Å². The Morgan fingerprint density at radius 1 is 1.32 bits per heavy atom. The Labute approximate surface area is 147 Å². The van der Waals surface area contributed by atoms with Crippen molar-refractivity contribution in [2.45, 2.75) is 52.0 Å². The zero-order valence-corrected chi connectivity index (χ0v) is 15.0. The summed E-state index contributed by atoms with van der Waals surface area (Å²) in [6, 6.07) is -0.0344. The fourth-order valence-electron chi connectivity index (χ4n) is 3.68. The Bertz CT molecular complexity index is 711. The molecule has 1 aliphatic heterocycles. The van der Waals surface area contributed by atoms with Crippen LogP contribution in [-0.2, 0) is 4.79 Å². The van der Waals surface area contributed by atoms with E-state index in [4.69, 9.17) is 0 Å². The number of nitrogens with one attached hydrogen (secondary N) is 1. The van der Waals surface area contributed by atoms with E-state index in [-0.39, 0.29) is 23.4 Å². The first-order valence-electron chi connectivity index (χ1n) is 9.10. The average Bonchev–Trinajstić information content (AvgIpc) is 2.52. The molecule has 0 unspecified atom stereocenters. The molecule has 1 N–H and O–H groups in total. The van der Waals surface area contributed by atoms with Crippen LogP contribution in [0.1, 0.15) is 54.9 Å². The second kappa shape index (κ2) is 7.37. The van der Waals surface area contributed by atoms with Gasteiger partial charge in [0, 0.05) is 32.1 Å². The minimum atomic E-state index is -0.461. The smallest absolute Gasteiger partial charge is 0.277 e. The predicted octanol–water partition coefficient (Wildman–Crippen LogP) is 1.33. The van der Waals surface area contributed by atoms with Crippen molar-refractivity contribution in [3.05, 3.63) is 27.7 Å². The molecule has 1 aliphatic carbocycles. The molecule has 0 spiro atoms. The number of H-pyrrole nitrogens is 1. The molecule has 0 aromatic carbocycles. The van der Waals surface area contributed by atoms with E-state index in [0.717, 1.165) is 12.3 Å². The summed E-state index contributed by atoms with van der Waals surface area (Å²) in [5, 5.41) is 6.03.